The number of aliphatic hydroxyl groups is 5. The Labute approximate surface area is 367 Å². The van der Waals surface area contributed by atoms with Gasteiger partial charge in [-0.05, 0) is 51.4 Å². The van der Waals surface area contributed by atoms with Gasteiger partial charge in [0.05, 0.1) is 6.61 Å². The van der Waals surface area contributed by atoms with Crippen LogP contribution in [0.25, 0.3) is 0 Å². The fourth-order valence-corrected chi connectivity index (χ4v) is 7.84. The van der Waals surface area contributed by atoms with Crippen molar-refractivity contribution < 1.29 is 63.1 Å². The van der Waals surface area contributed by atoms with Crippen molar-refractivity contribution in [1.29, 1.82) is 0 Å². The molecule has 354 valence electrons. The number of allylic oxidation sites excluding steroid dienone is 8. The first kappa shape index (κ1) is 56.8. The van der Waals surface area contributed by atoms with Crippen LogP contribution in [0, 0.1) is 0 Å². The molecule has 0 bridgehead atoms. The van der Waals surface area contributed by atoms with Gasteiger partial charge in [0.1, 0.15) is 43.2 Å². The van der Waals surface area contributed by atoms with Gasteiger partial charge in [-0.3, -0.25) is 18.6 Å². The molecule has 61 heavy (non-hydrogen) atoms. The first-order valence-corrected chi connectivity index (χ1v) is 24.9. The number of phosphoric ester groups is 1. The van der Waals surface area contributed by atoms with Crippen LogP contribution < -0.4 is 0 Å². The van der Waals surface area contributed by atoms with E-state index in [9.17, 15) is 44.6 Å². The zero-order valence-corrected chi connectivity index (χ0v) is 38.3. The van der Waals surface area contributed by atoms with Crippen LogP contribution in [0.1, 0.15) is 181 Å². The summed E-state index contributed by atoms with van der Waals surface area (Å²) in [6, 6.07) is 0. The molecule has 1 fully saturated rings. The summed E-state index contributed by atoms with van der Waals surface area (Å²) in [4.78, 5) is 35.7. The highest BCUT2D eigenvalue weighted by Crippen LogP contribution is 2.47. The number of ether oxygens (including phenoxy) is 2. The number of unbranched alkanes of at least 4 members (excludes halogenated alkanes) is 18. The molecule has 1 aliphatic carbocycles. The van der Waals surface area contributed by atoms with E-state index in [1.54, 1.807) is 0 Å². The van der Waals surface area contributed by atoms with E-state index in [1.807, 2.05) is 12.2 Å². The number of esters is 2. The van der Waals surface area contributed by atoms with Gasteiger partial charge in [0.25, 0.3) is 0 Å². The molecule has 1 saturated carbocycles. The van der Waals surface area contributed by atoms with Gasteiger partial charge in [-0.2, -0.15) is 0 Å². The smallest absolute Gasteiger partial charge is 0.462 e. The lowest BCUT2D eigenvalue weighted by Gasteiger charge is -2.41. The Morgan fingerprint density at radius 1 is 0.508 bits per heavy atom. The highest BCUT2D eigenvalue weighted by atomic mass is 31.2. The van der Waals surface area contributed by atoms with Gasteiger partial charge >= 0.3 is 19.8 Å². The highest BCUT2D eigenvalue weighted by Gasteiger charge is 2.51. The standard InChI is InChI=1S/C47H83O13P/c1-3-5-7-9-11-13-15-17-19-20-22-24-26-28-30-32-34-36-41(49)59-39(38-58-61(55,56)60-47-45(53)43(51)42(50)44(52)46(47)54)37-57-40(48)35-33-31-29-27-25-23-21-18-16-14-12-10-8-6-4-2/h11,13,17,19,22,24,28,30,39,42-47,50-54H,3-10,12,14-16,18,20-21,23,25-27,29,31-38H2,1-2H3,(H,55,56)/b13-11+,19-17+,24-22-,30-28-/t39-,42?,43-,44+,45-,46-,47?/m1/s1. The average molecular weight is 887 g/mol. The maximum atomic E-state index is 12.8. The summed E-state index contributed by atoms with van der Waals surface area (Å²) >= 11 is 0. The molecule has 0 aromatic heterocycles. The van der Waals surface area contributed by atoms with E-state index in [0.717, 1.165) is 44.9 Å². The minimum atomic E-state index is -5.13. The molecule has 13 nitrogen and oxygen atoms in total. The molecule has 0 spiro atoms. The van der Waals surface area contributed by atoms with Crippen LogP contribution in [0.5, 0.6) is 0 Å². The third-order valence-electron chi connectivity index (χ3n) is 10.7. The van der Waals surface area contributed by atoms with Crippen molar-refractivity contribution in [2.75, 3.05) is 13.2 Å². The maximum Gasteiger partial charge on any atom is 0.472 e. The predicted octanol–water partition coefficient (Wildman–Crippen LogP) is 9.17. The number of aliphatic hydroxyl groups excluding tert-OH is 5. The molecule has 14 heteroatoms. The first-order chi connectivity index (χ1) is 29.4. The van der Waals surface area contributed by atoms with Crippen LogP contribution in [0.2, 0.25) is 0 Å². The molecule has 0 aromatic carbocycles. The topological polar surface area (TPSA) is 210 Å². The molecule has 8 atom stereocenters. The Kier molecular flexibility index (Phi) is 34.7. The summed E-state index contributed by atoms with van der Waals surface area (Å²) in [6.45, 7) is 3.23. The summed E-state index contributed by atoms with van der Waals surface area (Å²) in [5.41, 5.74) is 0. The second-order valence-corrected chi connectivity index (χ2v) is 17.7. The SMILES string of the molecule is CCCCC/C=C/C/C=C/C/C=C\C/C=C\CCCC(=O)O[C@H](COC(=O)CCCCCCCCCCCCCCCCC)COP(=O)(O)OC1[C@H](O)[C@H](O)C(O)[C@H](O)[C@H]1O. The lowest BCUT2D eigenvalue weighted by Crippen LogP contribution is -2.64. The van der Waals surface area contributed by atoms with E-state index in [2.05, 4.69) is 50.3 Å². The summed E-state index contributed by atoms with van der Waals surface area (Å²) in [7, 11) is -5.13. The minimum Gasteiger partial charge on any atom is -0.462 e. The van der Waals surface area contributed by atoms with Gasteiger partial charge in [0.15, 0.2) is 6.10 Å². The zero-order chi connectivity index (χ0) is 45.0. The Hall–Kier alpha value is -2.19. The summed E-state index contributed by atoms with van der Waals surface area (Å²) in [5.74, 6) is -1.16. The van der Waals surface area contributed by atoms with E-state index in [1.165, 1.54) is 89.9 Å². The van der Waals surface area contributed by atoms with E-state index in [-0.39, 0.29) is 12.8 Å². The van der Waals surface area contributed by atoms with Crippen LogP contribution in [-0.2, 0) is 32.7 Å². The van der Waals surface area contributed by atoms with Gasteiger partial charge in [0, 0.05) is 12.8 Å². The highest BCUT2D eigenvalue weighted by molar-refractivity contribution is 7.47. The van der Waals surface area contributed by atoms with Crippen LogP contribution in [-0.4, -0.2) is 98.3 Å². The Morgan fingerprint density at radius 3 is 1.39 bits per heavy atom. The number of hydrogen-bond donors (Lipinski definition) is 6. The van der Waals surface area contributed by atoms with Crippen molar-refractivity contribution in [2.45, 2.75) is 224 Å². The van der Waals surface area contributed by atoms with Crippen molar-refractivity contribution in [3.05, 3.63) is 48.6 Å². The molecular formula is C47H83O13P. The maximum absolute atomic E-state index is 12.8. The molecule has 0 heterocycles. The van der Waals surface area contributed by atoms with Crippen molar-refractivity contribution in [3.63, 3.8) is 0 Å². The molecule has 0 saturated heterocycles. The zero-order valence-electron chi connectivity index (χ0n) is 37.4. The Bertz CT molecular complexity index is 1250. The van der Waals surface area contributed by atoms with E-state index < -0.39 is 75.7 Å². The largest absolute Gasteiger partial charge is 0.472 e. The van der Waals surface area contributed by atoms with E-state index in [4.69, 9.17) is 18.5 Å². The second-order valence-electron chi connectivity index (χ2n) is 16.3. The third kappa shape index (κ3) is 29.7. The molecule has 3 unspecified atom stereocenters. The molecule has 1 aliphatic rings. The van der Waals surface area contributed by atoms with Crippen LogP contribution in [0.3, 0.4) is 0 Å². The molecular weight excluding hydrogens is 803 g/mol. The number of carbonyl (C=O) groups excluding carboxylic acids is 2. The molecule has 0 radical (unpaired) electrons. The quantitative estimate of drug-likeness (QED) is 0.0148. The van der Waals surface area contributed by atoms with E-state index >= 15 is 0 Å². The van der Waals surface area contributed by atoms with E-state index in [0.29, 0.717) is 19.3 Å². The Balaban J connectivity index is 2.50. The first-order valence-electron chi connectivity index (χ1n) is 23.4. The lowest BCUT2D eigenvalue weighted by atomic mass is 9.85. The van der Waals surface area contributed by atoms with Crippen molar-refractivity contribution in [2.24, 2.45) is 0 Å². The fourth-order valence-electron chi connectivity index (χ4n) is 6.87. The van der Waals surface area contributed by atoms with Crippen LogP contribution in [0.15, 0.2) is 48.6 Å². The monoisotopic (exact) mass is 887 g/mol. The molecule has 0 amide bonds. The van der Waals surface area contributed by atoms with Gasteiger partial charge in [-0.1, -0.05) is 165 Å². The minimum absolute atomic E-state index is 0.0213. The Morgan fingerprint density at radius 2 is 0.902 bits per heavy atom. The molecule has 0 aliphatic heterocycles. The molecule has 1 rings (SSSR count). The normalized spacial score (nSPS) is 22.4. The molecule has 6 N–H and O–H groups in total. The summed E-state index contributed by atoms with van der Waals surface area (Å²) in [5, 5.41) is 50.1. The summed E-state index contributed by atoms with van der Waals surface area (Å²) < 4.78 is 33.5. The average Bonchev–Trinajstić information content (AvgIpc) is 3.24. The lowest BCUT2D eigenvalue weighted by molar-refractivity contribution is -0.220. The van der Waals surface area contributed by atoms with Gasteiger partial charge in [-0.15, -0.1) is 0 Å². The van der Waals surface area contributed by atoms with Crippen molar-refractivity contribution in [3.8, 4) is 0 Å². The fraction of sp³-hybridized carbons (Fsp3) is 0.787. The number of rotatable bonds is 38. The van der Waals surface area contributed by atoms with Gasteiger partial charge in [0.2, 0.25) is 0 Å². The summed E-state index contributed by atoms with van der Waals surface area (Å²) in [6.07, 6.45) is 30.3. The van der Waals surface area contributed by atoms with Crippen molar-refractivity contribution >= 4 is 19.8 Å². The van der Waals surface area contributed by atoms with Crippen LogP contribution >= 0.6 is 7.82 Å². The molecule has 0 aromatic rings. The number of phosphoric acid groups is 1. The number of carbonyl (C=O) groups is 2. The van der Waals surface area contributed by atoms with Gasteiger partial charge < -0.3 is 39.9 Å². The van der Waals surface area contributed by atoms with Crippen LogP contribution in [0.4, 0.5) is 0 Å². The van der Waals surface area contributed by atoms with Crippen molar-refractivity contribution in [1.82, 2.24) is 0 Å². The second kappa shape index (κ2) is 37.2. The third-order valence-corrected chi connectivity index (χ3v) is 11.7. The predicted molar refractivity (Wildman–Crippen MR) is 239 cm³/mol. The number of hydrogen-bond acceptors (Lipinski definition) is 12. The van der Waals surface area contributed by atoms with Gasteiger partial charge in [-0.25, -0.2) is 4.57 Å².